The summed E-state index contributed by atoms with van der Waals surface area (Å²) in [7, 11) is 0. The Kier molecular flexibility index (Phi) is 3.57. The van der Waals surface area contributed by atoms with Gasteiger partial charge >= 0.3 is 0 Å². The third-order valence-corrected chi connectivity index (χ3v) is 2.80. The van der Waals surface area contributed by atoms with E-state index in [1.807, 2.05) is 0 Å². The molecule has 0 heterocycles. The molecule has 1 rings (SSSR count). The summed E-state index contributed by atoms with van der Waals surface area (Å²) < 4.78 is 5.85. The lowest BCUT2D eigenvalue weighted by Crippen LogP contribution is -2.30. The van der Waals surface area contributed by atoms with Crippen LogP contribution in [0.1, 0.15) is 47.0 Å². The molecule has 1 fully saturated rings. The molecule has 0 aromatic heterocycles. The van der Waals surface area contributed by atoms with E-state index in [2.05, 4.69) is 27.7 Å². The molecule has 0 aromatic rings. The molecule has 0 saturated heterocycles. The van der Waals surface area contributed by atoms with Crippen LogP contribution in [0, 0.1) is 11.8 Å². The first-order chi connectivity index (χ1) is 5.59. The van der Waals surface area contributed by atoms with Crippen molar-refractivity contribution < 1.29 is 4.74 Å². The minimum absolute atomic E-state index is 0.394. The van der Waals surface area contributed by atoms with E-state index in [1.165, 1.54) is 19.3 Å². The molecule has 0 spiro atoms. The zero-order valence-electron chi connectivity index (χ0n) is 8.84. The van der Waals surface area contributed by atoms with Gasteiger partial charge in [0.2, 0.25) is 0 Å². The molecule has 0 aliphatic heterocycles. The minimum Gasteiger partial charge on any atom is -0.375 e. The van der Waals surface area contributed by atoms with Crippen molar-refractivity contribution in [1.29, 1.82) is 0 Å². The smallest absolute Gasteiger partial charge is 0.0604 e. The van der Waals surface area contributed by atoms with E-state index in [0.29, 0.717) is 12.2 Å². The van der Waals surface area contributed by atoms with E-state index in [1.54, 1.807) is 0 Å². The minimum atomic E-state index is 0.394. The van der Waals surface area contributed by atoms with Gasteiger partial charge in [0.15, 0.2) is 0 Å². The van der Waals surface area contributed by atoms with Crippen LogP contribution in [-0.4, -0.2) is 12.2 Å². The highest BCUT2D eigenvalue weighted by Crippen LogP contribution is 2.31. The lowest BCUT2D eigenvalue weighted by Gasteiger charge is -2.33. The Morgan fingerprint density at radius 1 is 1.17 bits per heavy atom. The van der Waals surface area contributed by atoms with Crippen LogP contribution in [0.2, 0.25) is 0 Å². The van der Waals surface area contributed by atoms with Gasteiger partial charge in [0.1, 0.15) is 0 Å². The van der Waals surface area contributed by atoms with Crippen molar-refractivity contribution in [2.75, 3.05) is 0 Å². The number of hydrogen-bond acceptors (Lipinski definition) is 1. The second-order valence-corrected chi connectivity index (χ2v) is 4.62. The topological polar surface area (TPSA) is 9.23 Å². The van der Waals surface area contributed by atoms with Crippen LogP contribution in [0.15, 0.2) is 0 Å². The monoisotopic (exact) mass is 170 g/mol. The molecule has 1 heteroatoms. The van der Waals surface area contributed by atoms with Gasteiger partial charge in [0.05, 0.1) is 12.2 Å². The van der Waals surface area contributed by atoms with Crippen molar-refractivity contribution >= 4 is 0 Å². The van der Waals surface area contributed by atoms with Crippen LogP contribution in [0.25, 0.3) is 0 Å². The Morgan fingerprint density at radius 2 is 1.83 bits per heavy atom. The molecule has 1 saturated carbocycles. The van der Waals surface area contributed by atoms with Crippen LogP contribution >= 0.6 is 0 Å². The third-order valence-electron chi connectivity index (χ3n) is 2.80. The highest BCUT2D eigenvalue weighted by atomic mass is 16.5. The lowest BCUT2D eigenvalue weighted by molar-refractivity contribution is -0.0479. The van der Waals surface area contributed by atoms with E-state index in [9.17, 15) is 0 Å². The molecular weight excluding hydrogens is 148 g/mol. The van der Waals surface area contributed by atoms with Crippen LogP contribution in [0.4, 0.5) is 0 Å². The average molecular weight is 170 g/mol. The van der Waals surface area contributed by atoms with Gasteiger partial charge in [-0.2, -0.15) is 0 Å². The number of hydrogen-bond donors (Lipinski definition) is 0. The van der Waals surface area contributed by atoms with Gasteiger partial charge in [-0.25, -0.2) is 0 Å². The fraction of sp³-hybridized carbons (Fsp3) is 1.00. The summed E-state index contributed by atoms with van der Waals surface area (Å²) in [5.74, 6) is 1.67. The molecule has 12 heavy (non-hydrogen) atoms. The quantitative estimate of drug-likeness (QED) is 0.618. The lowest BCUT2D eigenvalue weighted by atomic mass is 9.81. The summed E-state index contributed by atoms with van der Waals surface area (Å²) in [6, 6.07) is 0. The van der Waals surface area contributed by atoms with E-state index in [0.717, 1.165) is 11.8 Å². The van der Waals surface area contributed by atoms with E-state index < -0.39 is 0 Å². The number of ether oxygens (including phenoxy) is 1. The summed E-state index contributed by atoms with van der Waals surface area (Å²) in [5, 5.41) is 0. The molecule has 3 atom stereocenters. The first kappa shape index (κ1) is 10.0. The fourth-order valence-corrected chi connectivity index (χ4v) is 2.19. The fourth-order valence-electron chi connectivity index (χ4n) is 2.19. The normalized spacial score (nSPS) is 37.2. The van der Waals surface area contributed by atoms with Gasteiger partial charge in [0, 0.05) is 0 Å². The van der Waals surface area contributed by atoms with Crippen LogP contribution in [0.3, 0.4) is 0 Å². The molecule has 0 bridgehead atoms. The molecule has 0 N–H and O–H groups in total. The zero-order valence-corrected chi connectivity index (χ0v) is 8.84. The predicted octanol–water partition coefficient (Wildman–Crippen LogP) is 3.24. The molecule has 72 valence electrons. The molecule has 1 aliphatic rings. The van der Waals surface area contributed by atoms with E-state index in [-0.39, 0.29) is 0 Å². The summed E-state index contributed by atoms with van der Waals surface area (Å²) in [5.41, 5.74) is 0. The SMILES string of the molecule is CC1CCC(OC(C)C)C(C)C1. The van der Waals surface area contributed by atoms with Gasteiger partial charge in [-0.3, -0.25) is 0 Å². The molecule has 0 radical (unpaired) electrons. The summed E-state index contributed by atoms with van der Waals surface area (Å²) in [6.07, 6.45) is 4.88. The maximum Gasteiger partial charge on any atom is 0.0604 e. The van der Waals surface area contributed by atoms with Crippen LogP contribution < -0.4 is 0 Å². The summed E-state index contributed by atoms with van der Waals surface area (Å²) >= 11 is 0. The second kappa shape index (κ2) is 4.27. The molecular formula is C11H22O. The van der Waals surface area contributed by atoms with Crippen molar-refractivity contribution in [1.82, 2.24) is 0 Å². The van der Waals surface area contributed by atoms with Gasteiger partial charge in [-0.15, -0.1) is 0 Å². The van der Waals surface area contributed by atoms with Gasteiger partial charge in [-0.1, -0.05) is 13.8 Å². The first-order valence-electron chi connectivity index (χ1n) is 5.25. The van der Waals surface area contributed by atoms with Gasteiger partial charge in [-0.05, 0) is 44.9 Å². The van der Waals surface area contributed by atoms with E-state index >= 15 is 0 Å². The van der Waals surface area contributed by atoms with Crippen LogP contribution in [0.5, 0.6) is 0 Å². The molecule has 0 aromatic carbocycles. The van der Waals surface area contributed by atoms with Crippen molar-refractivity contribution in [2.24, 2.45) is 11.8 Å². The van der Waals surface area contributed by atoms with Crippen molar-refractivity contribution in [2.45, 2.75) is 59.2 Å². The maximum atomic E-state index is 5.85. The zero-order chi connectivity index (χ0) is 9.14. The van der Waals surface area contributed by atoms with Crippen molar-refractivity contribution in [3.05, 3.63) is 0 Å². The Hall–Kier alpha value is -0.0400. The average Bonchev–Trinajstić information content (AvgIpc) is 1.94. The van der Waals surface area contributed by atoms with Crippen LogP contribution in [-0.2, 0) is 4.74 Å². The standard InChI is InChI=1S/C11H22O/c1-8(2)12-11-6-5-9(3)7-10(11)4/h8-11H,5-7H2,1-4H3. The van der Waals surface area contributed by atoms with Gasteiger partial charge < -0.3 is 4.74 Å². The predicted molar refractivity (Wildman–Crippen MR) is 52.2 cm³/mol. The van der Waals surface area contributed by atoms with Crippen molar-refractivity contribution in [3.8, 4) is 0 Å². The molecule has 3 unspecified atom stereocenters. The summed E-state index contributed by atoms with van der Waals surface area (Å²) in [6.45, 7) is 8.93. The third kappa shape index (κ3) is 2.78. The Bertz CT molecular complexity index is 131. The largest absolute Gasteiger partial charge is 0.375 e. The van der Waals surface area contributed by atoms with E-state index in [4.69, 9.17) is 4.74 Å². The molecule has 1 aliphatic carbocycles. The molecule has 1 nitrogen and oxygen atoms in total. The van der Waals surface area contributed by atoms with Gasteiger partial charge in [0.25, 0.3) is 0 Å². The maximum absolute atomic E-state index is 5.85. The highest BCUT2D eigenvalue weighted by Gasteiger charge is 2.26. The molecule has 0 amide bonds. The summed E-state index contributed by atoms with van der Waals surface area (Å²) in [4.78, 5) is 0. The number of rotatable bonds is 2. The Morgan fingerprint density at radius 3 is 2.33 bits per heavy atom. The highest BCUT2D eigenvalue weighted by molar-refractivity contribution is 4.76. The first-order valence-corrected chi connectivity index (χ1v) is 5.25. The Labute approximate surface area is 76.5 Å². The Balaban J connectivity index is 2.34. The van der Waals surface area contributed by atoms with Crippen molar-refractivity contribution in [3.63, 3.8) is 0 Å². The second-order valence-electron chi connectivity index (χ2n) is 4.62.